The highest BCUT2D eigenvalue weighted by Crippen LogP contribution is 2.57. The molecule has 1 aromatic rings. The number of likely N-dealkylation sites (tertiary alicyclic amines) is 1. The molecule has 0 spiro atoms. The third-order valence-corrected chi connectivity index (χ3v) is 8.12. The summed E-state index contributed by atoms with van der Waals surface area (Å²) in [6.07, 6.45) is 3.30. The first-order chi connectivity index (χ1) is 13.1. The topological polar surface area (TPSA) is 42.9 Å². The van der Waals surface area contributed by atoms with Gasteiger partial charge in [-0.3, -0.25) is 4.79 Å². The lowest BCUT2D eigenvalue weighted by atomic mass is 9.52. The van der Waals surface area contributed by atoms with Crippen LogP contribution in [0.25, 0.3) is 0 Å². The van der Waals surface area contributed by atoms with E-state index in [1.807, 2.05) is 13.0 Å². The number of piperidine rings is 1. The predicted octanol–water partition coefficient (Wildman–Crippen LogP) is -2.53. The van der Waals surface area contributed by atoms with Crippen molar-refractivity contribution in [1.82, 2.24) is 0 Å². The van der Waals surface area contributed by atoms with E-state index in [1.54, 1.807) is 0 Å². The molecule has 3 unspecified atom stereocenters. The van der Waals surface area contributed by atoms with Gasteiger partial charge in [0.05, 0.1) is 33.7 Å². The summed E-state index contributed by atoms with van der Waals surface area (Å²) in [6, 6.07) is 10.9. The van der Waals surface area contributed by atoms with Gasteiger partial charge >= 0.3 is 5.97 Å². The Balaban J connectivity index is 0.00000420. The maximum Gasteiger partial charge on any atom is 0.306 e. The van der Waals surface area contributed by atoms with Gasteiger partial charge in [-0.15, -0.1) is 0 Å². The van der Waals surface area contributed by atoms with Crippen molar-refractivity contribution in [3.8, 4) is 0 Å². The summed E-state index contributed by atoms with van der Waals surface area (Å²) in [4.78, 5) is 12.8. The Kier molecular flexibility index (Phi) is 11.3. The van der Waals surface area contributed by atoms with E-state index < -0.39 is 5.60 Å². The number of esters is 1. The summed E-state index contributed by atoms with van der Waals surface area (Å²) in [6.45, 7) is 12.1. The lowest BCUT2D eigenvalue weighted by molar-refractivity contribution is -0.935. The lowest BCUT2D eigenvalue weighted by Gasteiger charge is -2.62. The Labute approximate surface area is 218 Å². The average molecular weight is 644 g/mol. The zero-order chi connectivity index (χ0) is 21.2. The number of quaternary nitrogens is 2. The molecular weight excluding hydrogens is 602 g/mol. The fraction of sp³-hybridized carbons (Fsp3) is 0.708. The van der Waals surface area contributed by atoms with Gasteiger partial charge < -0.3 is 62.5 Å². The second-order valence-corrected chi connectivity index (χ2v) is 9.49. The molecule has 2 N–H and O–H groups in total. The number of carbonyl (C=O) groups is 1. The highest BCUT2D eigenvalue weighted by atomic mass is 127. The molecule has 6 heteroatoms. The summed E-state index contributed by atoms with van der Waals surface area (Å²) in [7, 11) is 6.84. The summed E-state index contributed by atoms with van der Waals surface area (Å²) in [5, 5.41) is 2.39. The van der Waals surface area contributed by atoms with Crippen LogP contribution in [0.1, 0.15) is 65.9 Å². The molecule has 2 rings (SSSR count). The van der Waals surface area contributed by atoms with Gasteiger partial charge in [-0.05, 0) is 19.4 Å². The van der Waals surface area contributed by atoms with Crippen molar-refractivity contribution >= 4 is 5.97 Å². The second-order valence-electron chi connectivity index (χ2n) is 9.49. The van der Waals surface area contributed by atoms with Gasteiger partial charge in [0, 0.05) is 25.7 Å². The molecule has 1 fully saturated rings. The minimum absolute atomic E-state index is 0. The van der Waals surface area contributed by atoms with Crippen molar-refractivity contribution < 1.29 is 67.3 Å². The van der Waals surface area contributed by atoms with Crippen LogP contribution in [0.5, 0.6) is 0 Å². The summed E-state index contributed by atoms with van der Waals surface area (Å²) in [5.74, 6) is -0.105. The Bertz CT molecular complexity index is 671. The second kappa shape index (κ2) is 11.3. The monoisotopic (exact) mass is 644 g/mol. The van der Waals surface area contributed by atoms with Gasteiger partial charge in [-0.1, -0.05) is 51.1 Å². The maximum absolute atomic E-state index is 12.8. The highest BCUT2D eigenvalue weighted by Gasteiger charge is 2.70. The number of hydrogen-bond donors (Lipinski definition) is 1. The van der Waals surface area contributed by atoms with Crippen LogP contribution in [0.15, 0.2) is 30.3 Å². The zero-order valence-electron chi connectivity index (χ0n) is 20.1. The van der Waals surface area contributed by atoms with Crippen molar-refractivity contribution in [1.29, 1.82) is 0 Å². The van der Waals surface area contributed by atoms with Gasteiger partial charge in [-0.2, -0.15) is 0 Å². The molecule has 0 saturated carbocycles. The summed E-state index contributed by atoms with van der Waals surface area (Å²) >= 11 is 0. The molecule has 0 amide bonds. The minimum Gasteiger partial charge on any atom is -1.00 e. The van der Waals surface area contributed by atoms with Crippen LogP contribution in [0.4, 0.5) is 0 Å². The molecule has 1 aromatic carbocycles. The smallest absolute Gasteiger partial charge is 0.306 e. The first-order valence-corrected chi connectivity index (χ1v) is 11.0. The van der Waals surface area contributed by atoms with Crippen molar-refractivity contribution in [2.75, 3.05) is 27.7 Å². The van der Waals surface area contributed by atoms with Crippen molar-refractivity contribution in [3.05, 3.63) is 35.9 Å². The van der Waals surface area contributed by atoms with Gasteiger partial charge in [0.25, 0.3) is 0 Å². The predicted molar refractivity (Wildman–Crippen MR) is 115 cm³/mol. The first-order valence-electron chi connectivity index (χ1n) is 11.0. The van der Waals surface area contributed by atoms with E-state index in [-0.39, 0.29) is 64.9 Å². The molecule has 1 heterocycles. The van der Waals surface area contributed by atoms with E-state index in [0.717, 1.165) is 35.9 Å². The van der Waals surface area contributed by atoms with Crippen LogP contribution in [0, 0.1) is 5.41 Å². The lowest BCUT2D eigenvalue weighted by Crippen LogP contribution is -3.00. The standard InChI is InChI=1S/C24H41N2O2.2HI/c1-9-21(27)28-24(20-15-13-12-14-16-20)17-19(4)26(7,8)18-22(24,5)23(10-2,11-3)25-6;;/h12-16,19,25H,9-11,17-18H2,1-8H3;2*1H/q+1;;/p-1. The molecule has 4 nitrogen and oxygen atoms in total. The van der Waals surface area contributed by atoms with Crippen LogP contribution in [0.2, 0.25) is 0 Å². The number of rotatable bonds is 7. The molecular formula is C24H42I2N2O2. The van der Waals surface area contributed by atoms with Gasteiger partial charge in [0.15, 0.2) is 5.60 Å². The third kappa shape index (κ3) is 4.86. The number of carbonyl (C=O) groups excluding carboxylic acids is 1. The largest absolute Gasteiger partial charge is 1.00 e. The Morgan fingerprint density at radius 2 is 1.70 bits per heavy atom. The highest BCUT2D eigenvalue weighted by molar-refractivity contribution is 5.70. The zero-order valence-corrected chi connectivity index (χ0v) is 24.4. The average Bonchev–Trinajstić information content (AvgIpc) is 2.68. The number of halogens is 2. The van der Waals surface area contributed by atoms with E-state index in [0.29, 0.717) is 12.5 Å². The number of hydrogen-bond acceptors (Lipinski definition) is 2. The van der Waals surface area contributed by atoms with Crippen LogP contribution >= 0.6 is 0 Å². The molecule has 0 aliphatic carbocycles. The Morgan fingerprint density at radius 1 is 1.17 bits per heavy atom. The number of nitrogens with two attached hydrogens (primary N) is 1. The number of nitrogens with zero attached hydrogens (tertiary/aromatic N) is 1. The van der Waals surface area contributed by atoms with E-state index in [4.69, 9.17) is 4.74 Å². The molecule has 3 atom stereocenters. The Hall–Kier alpha value is 0.0700. The van der Waals surface area contributed by atoms with Gasteiger partial charge in [-0.25, -0.2) is 0 Å². The summed E-state index contributed by atoms with van der Waals surface area (Å²) < 4.78 is 7.47. The van der Waals surface area contributed by atoms with Crippen LogP contribution in [-0.2, 0) is 15.1 Å². The van der Waals surface area contributed by atoms with Gasteiger partial charge in [0.1, 0.15) is 11.0 Å². The van der Waals surface area contributed by atoms with Crippen LogP contribution in [-0.4, -0.2) is 49.7 Å². The molecule has 1 saturated heterocycles. The quantitative estimate of drug-likeness (QED) is 0.203. The SMILES string of the molecule is CCC(=O)OC1(c2ccccc2)CC(C)[N+](C)(C)CC1(C)C(CC)(CC)[NH2+]C.[I-].[I-]. The van der Waals surface area contributed by atoms with Crippen molar-refractivity contribution in [2.24, 2.45) is 5.41 Å². The molecule has 30 heavy (non-hydrogen) atoms. The number of ether oxygens (including phenoxy) is 1. The Morgan fingerprint density at radius 3 is 2.13 bits per heavy atom. The molecule has 0 bridgehead atoms. The van der Waals surface area contributed by atoms with E-state index in [1.165, 1.54) is 0 Å². The normalized spacial score (nSPS) is 28.1. The minimum atomic E-state index is -0.632. The van der Waals surface area contributed by atoms with Crippen LogP contribution < -0.4 is 53.3 Å². The van der Waals surface area contributed by atoms with E-state index in [2.05, 4.69) is 78.4 Å². The maximum atomic E-state index is 12.8. The molecule has 1 aliphatic heterocycles. The van der Waals surface area contributed by atoms with Gasteiger partial charge in [0.2, 0.25) is 0 Å². The molecule has 0 radical (unpaired) electrons. The van der Waals surface area contributed by atoms with E-state index >= 15 is 0 Å². The van der Waals surface area contributed by atoms with Crippen LogP contribution in [0.3, 0.4) is 0 Å². The fourth-order valence-electron chi connectivity index (χ4n) is 5.93. The number of benzene rings is 1. The first kappa shape index (κ1) is 30.1. The molecule has 0 aromatic heterocycles. The fourth-order valence-corrected chi connectivity index (χ4v) is 5.93. The summed E-state index contributed by atoms with van der Waals surface area (Å²) in [5.41, 5.74) is 0.263. The van der Waals surface area contributed by atoms with E-state index in [9.17, 15) is 4.79 Å². The van der Waals surface area contributed by atoms with Crippen molar-refractivity contribution in [3.63, 3.8) is 0 Å². The van der Waals surface area contributed by atoms with Crippen molar-refractivity contribution in [2.45, 2.75) is 77.5 Å². The molecule has 1 aliphatic rings. The third-order valence-electron chi connectivity index (χ3n) is 8.12. The molecule has 174 valence electrons.